The molecule has 2 aliphatic heterocycles. The van der Waals surface area contributed by atoms with Crippen molar-refractivity contribution in [3.63, 3.8) is 0 Å². The number of benzene rings is 3. The number of nitrogens with one attached hydrogen (secondary N) is 2. The first-order valence-electron chi connectivity index (χ1n) is 15.8. The lowest BCUT2D eigenvalue weighted by Gasteiger charge is -2.41. The number of ether oxygens (including phenoxy) is 3. The SMILES string of the molecule is CCOC(=O)CNC(=O)NCc1ccc([C@H]2O[C@@H](CN3CCN(c4ccc([N+](=O)[O-])cc4)CC3)C[C@@H](c3ccc(CO)cc3)O2)cc1. The van der Waals surface area contributed by atoms with Crippen molar-refractivity contribution in [1.82, 2.24) is 15.5 Å². The fraction of sp³-hybridized carbons (Fsp3) is 0.412. The van der Waals surface area contributed by atoms with Crippen LogP contribution in [0.2, 0.25) is 0 Å². The minimum absolute atomic E-state index is 0.0275. The van der Waals surface area contributed by atoms with Crippen LogP contribution in [0.15, 0.2) is 72.8 Å². The summed E-state index contributed by atoms with van der Waals surface area (Å²) < 4.78 is 17.8. The van der Waals surface area contributed by atoms with Gasteiger partial charge in [0.05, 0.1) is 30.3 Å². The number of aliphatic hydroxyl groups excluding tert-OH is 1. The van der Waals surface area contributed by atoms with Crippen molar-refractivity contribution in [3.05, 3.63) is 105 Å². The normalized spacial score (nSPS) is 20.0. The van der Waals surface area contributed by atoms with Gasteiger partial charge in [-0.3, -0.25) is 19.8 Å². The Morgan fingerprint density at radius 3 is 2.21 bits per heavy atom. The molecule has 250 valence electrons. The first-order valence-corrected chi connectivity index (χ1v) is 15.8. The second-order valence-corrected chi connectivity index (χ2v) is 11.5. The number of nitro benzene ring substituents is 1. The zero-order chi connectivity index (χ0) is 33.2. The maximum absolute atomic E-state index is 12.1. The van der Waals surface area contributed by atoms with Crippen LogP contribution in [-0.2, 0) is 32.2 Å². The lowest BCUT2D eigenvalue weighted by molar-refractivity contribution is -0.384. The van der Waals surface area contributed by atoms with E-state index in [1.165, 1.54) is 0 Å². The molecule has 47 heavy (non-hydrogen) atoms. The molecule has 2 heterocycles. The van der Waals surface area contributed by atoms with Gasteiger partial charge in [-0.2, -0.15) is 0 Å². The number of carbonyl (C=O) groups is 2. The van der Waals surface area contributed by atoms with Crippen molar-refractivity contribution >= 4 is 23.4 Å². The summed E-state index contributed by atoms with van der Waals surface area (Å²) in [6.45, 7) is 5.98. The summed E-state index contributed by atoms with van der Waals surface area (Å²) in [4.78, 5) is 38.8. The van der Waals surface area contributed by atoms with Crippen LogP contribution in [0, 0.1) is 10.1 Å². The minimum atomic E-state index is -0.604. The summed E-state index contributed by atoms with van der Waals surface area (Å²) in [5, 5.41) is 25.7. The van der Waals surface area contributed by atoms with Crippen LogP contribution in [-0.4, -0.2) is 78.9 Å². The van der Waals surface area contributed by atoms with Crippen molar-refractivity contribution in [1.29, 1.82) is 0 Å². The van der Waals surface area contributed by atoms with E-state index in [1.807, 2.05) is 48.5 Å². The fourth-order valence-electron chi connectivity index (χ4n) is 5.70. The predicted octanol–water partition coefficient (Wildman–Crippen LogP) is 3.82. The first kappa shape index (κ1) is 33.8. The Balaban J connectivity index is 1.20. The fourth-order valence-corrected chi connectivity index (χ4v) is 5.70. The van der Waals surface area contributed by atoms with Crippen LogP contribution in [0.3, 0.4) is 0 Å². The number of nitrogens with zero attached hydrogens (tertiary/aromatic N) is 3. The Labute approximate surface area is 273 Å². The number of amides is 2. The molecule has 3 aromatic rings. The van der Waals surface area contributed by atoms with Crippen LogP contribution in [0.1, 0.15) is 48.0 Å². The van der Waals surface area contributed by atoms with Crippen LogP contribution in [0.25, 0.3) is 0 Å². The molecule has 0 bridgehead atoms. The van der Waals surface area contributed by atoms with E-state index in [9.17, 15) is 24.8 Å². The number of hydrogen-bond donors (Lipinski definition) is 3. The number of hydrogen-bond acceptors (Lipinski definition) is 10. The molecule has 3 aromatic carbocycles. The second kappa shape index (κ2) is 16.3. The van der Waals surface area contributed by atoms with Gasteiger partial charge in [-0.1, -0.05) is 48.5 Å². The van der Waals surface area contributed by atoms with Gasteiger partial charge in [-0.15, -0.1) is 0 Å². The largest absolute Gasteiger partial charge is 0.465 e. The molecule has 3 atom stereocenters. The van der Waals surface area contributed by atoms with Crippen molar-refractivity contribution in [2.75, 3.05) is 50.8 Å². The number of nitro groups is 1. The van der Waals surface area contributed by atoms with Gasteiger partial charge in [0.2, 0.25) is 0 Å². The molecule has 0 unspecified atom stereocenters. The number of esters is 1. The zero-order valence-corrected chi connectivity index (χ0v) is 26.4. The quantitative estimate of drug-likeness (QED) is 0.150. The van der Waals surface area contributed by atoms with Crippen molar-refractivity contribution in [3.8, 4) is 0 Å². The van der Waals surface area contributed by atoms with Crippen molar-refractivity contribution in [2.24, 2.45) is 0 Å². The van der Waals surface area contributed by atoms with E-state index in [0.29, 0.717) is 6.42 Å². The third-order valence-electron chi connectivity index (χ3n) is 8.28. The van der Waals surface area contributed by atoms with Crippen LogP contribution < -0.4 is 15.5 Å². The average Bonchev–Trinajstić information content (AvgIpc) is 3.10. The molecular weight excluding hydrogens is 606 g/mol. The number of non-ortho nitro benzene ring substituents is 1. The van der Waals surface area contributed by atoms with Gasteiger partial charge in [0.25, 0.3) is 5.69 Å². The van der Waals surface area contributed by atoms with E-state index in [1.54, 1.807) is 31.2 Å². The summed E-state index contributed by atoms with van der Waals surface area (Å²) >= 11 is 0. The highest BCUT2D eigenvalue weighted by Crippen LogP contribution is 2.38. The highest BCUT2D eigenvalue weighted by Gasteiger charge is 2.34. The molecule has 2 aliphatic rings. The lowest BCUT2D eigenvalue weighted by atomic mass is 9.99. The number of rotatable bonds is 12. The Hall–Kier alpha value is -4.56. The van der Waals surface area contributed by atoms with E-state index in [-0.39, 0.29) is 49.1 Å². The average molecular weight is 648 g/mol. The Morgan fingerprint density at radius 2 is 1.57 bits per heavy atom. The van der Waals surface area contributed by atoms with Gasteiger partial charge in [-0.25, -0.2) is 4.79 Å². The van der Waals surface area contributed by atoms with E-state index < -0.39 is 18.3 Å². The van der Waals surface area contributed by atoms with Gasteiger partial charge < -0.3 is 34.9 Å². The second-order valence-electron chi connectivity index (χ2n) is 11.5. The van der Waals surface area contributed by atoms with Gasteiger partial charge in [0, 0.05) is 69.1 Å². The van der Waals surface area contributed by atoms with Crippen molar-refractivity contribution < 1.29 is 33.8 Å². The van der Waals surface area contributed by atoms with Gasteiger partial charge in [0.15, 0.2) is 6.29 Å². The third kappa shape index (κ3) is 9.48. The highest BCUT2D eigenvalue weighted by molar-refractivity contribution is 5.80. The smallest absolute Gasteiger partial charge is 0.325 e. The molecule has 13 nitrogen and oxygen atoms in total. The molecule has 5 rings (SSSR count). The van der Waals surface area contributed by atoms with Crippen LogP contribution in [0.5, 0.6) is 0 Å². The molecule has 2 amide bonds. The molecule has 0 radical (unpaired) electrons. The van der Waals surface area contributed by atoms with E-state index >= 15 is 0 Å². The summed E-state index contributed by atoms with van der Waals surface area (Å²) in [6, 6.07) is 21.7. The number of aliphatic hydroxyl groups is 1. The first-order chi connectivity index (χ1) is 22.8. The predicted molar refractivity (Wildman–Crippen MR) is 173 cm³/mol. The molecule has 2 saturated heterocycles. The summed E-state index contributed by atoms with van der Waals surface area (Å²) in [7, 11) is 0. The molecule has 3 N–H and O–H groups in total. The summed E-state index contributed by atoms with van der Waals surface area (Å²) in [6.07, 6.45) is -0.253. The monoisotopic (exact) mass is 647 g/mol. The minimum Gasteiger partial charge on any atom is -0.465 e. The summed E-state index contributed by atoms with van der Waals surface area (Å²) in [5.41, 5.74) is 4.62. The molecule has 0 saturated carbocycles. The number of piperazine rings is 1. The summed E-state index contributed by atoms with van der Waals surface area (Å²) in [5.74, 6) is -0.495. The maximum Gasteiger partial charge on any atom is 0.325 e. The topological polar surface area (TPSA) is 156 Å². The molecule has 2 fully saturated rings. The number of urea groups is 1. The third-order valence-corrected chi connectivity index (χ3v) is 8.28. The van der Waals surface area contributed by atoms with Crippen molar-refractivity contribution in [2.45, 2.75) is 45.0 Å². The molecule has 0 spiro atoms. The van der Waals surface area contributed by atoms with E-state index in [2.05, 4.69) is 20.4 Å². The highest BCUT2D eigenvalue weighted by atomic mass is 16.7. The Morgan fingerprint density at radius 1 is 0.915 bits per heavy atom. The van der Waals surface area contributed by atoms with Crippen LogP contribution >= 0.6 is 0 Å². The van der Waals surface area contributed by atoms with Gasteiger partial charge in [0.1, 0.15) is 6.54 Å². The Kier molecular flexibility index (Phi) is 11.7. The lowest BCUT2D eigenvalue weighted by Crippen LogP contribution is -2.49. The number of anilines is 1. The molecule has 13 heteroatoms. The molecule has 0 aromatic heterocycles. The van der Waals surface area contributed by atoms with Crippen LogP contribution in [0.4, 0.5) is 16.2 Å². The zero-order valence-electron chi connectivity index (χ0n) is 26.4. The maximum atomic E-state index is 12.1. The van der Waals surface area contributed by atoms with E-state index in [0.717, 1.165) is 60.7 Å². The number of carbonyl (C=O) groups excluding carboxylic acids is 2. The van der Waals surface area contributed by atoms with Gasteiger partial charge in [-0.05, 0) is 35.7 Å². The molecular formula is C34H41N5O8. The van der Waals surface area contributed by atoms with Gasteiger partial charge >= 0.3 is 12.0 Å². The Bertz CT molecular complexity index is 1480. The van der Waals surface area contributed by atoms with E-state index in [4.69, 9.17) is 14.2 Å². The molecule has 0 aliphatic carbocycles. The standard InChI is InChI=1S/C34H41N5O8/c1-2-45-32(41)21-36-34(42)35-20-24-3-9-27(10-4-24)33-46-30(19-31(47-33)26-7-5-25(23-40)6-8-26)22-37-15-17-38(18-16-37)28-11-13-29(14-12-28)39(43)44/h3-14,30-31,33,40H,2,15-23H2,1H3,(H2,35,36,42)/t30-,31+,33+/m1/s1.